The number of thiophene rings is 1. The molecule has 0 amide bonds. The van der Waals surface area contributed by atoms with Crippen molar-refractivity contribution in [1.29, 1.82) is 0 Å². The van der Waals surface area contributed by atoms with E-state index in [-0.39, 0.29) is 0 Å². The van der Waals surface area contributed by atoms with E-state index in [1.54, 1.807) is 0 Å². The summed E-state index contributed by atoms with van der Waals surface area (Å²) >= 11 is 1.86. The van der Waals surface area contributed by atoms with Crippen LogP contribution in [-0.4, -0.2) is 4.98 Å². The van der Waals surface area contributed by atoms with Gasteiger partial charge in [0.05, 0.1) is 15.9 Å². The highest BCUT2D eigenvalue weighted by atomic mass is 32.1. The molecule has 27 heavy (non-hydrogen) atoms. The van der Waals surface area contributed by atoms with Crippen LogP contribution < -0.4 is 0 Å². The summed E-state index contributed by atoms with van der Waals surface area (Å²) in [5.74, 6) is 0. The molecule has 5 rings (SSSR count). The quantitative estimate of drug-likeness (QED) is 0.299. The van der Waals surface area contributed by atoms with Gasteiger partial charge in [0.15, 0.2) is 0 Å². The number of aryl methyl sites for hydroxylation is 4. The van der Waals surface area contributed by atoms with Crippen LogP contribution in [0, 0.1) is 27.7 Å². The van der Waals surface area contributed by atoms with Crippen LogP contribution in [0.15, 0.2) is 54.6 Å². The number of rotatable bonds is 1. The Labute approximate surface area is 163 Å². The van der Waals surface area contributed by atoms with Gasteiger partial charge in [0.25, 0.3) is 0 Å². The van der Waals surface area contributed by atoms with Crippen LogP contribution in [-0.2, 0) is 0 Å². The molecule has 0 aliphatic rings. The third-order valence-corrected chi connectivity index (χ3v) is 6.68. The van der Waals surface area contributed by atoms with Crippen LogP contribution in [0.2, 0.25) is 0 Å². The second kappa shape index (κ2) is 5.90. The highest BCUT2D eigenvalue weighted by Gasteiger charge is 2.17. The predicted octanol–water partition coefficient (Wildman–Crippen LogP) is 7.50. The first-order valence-corrected chi connectivity index (χ1v) is 10.1. The van der Waals surface area contributed by atoms with E-state index in [9.17, 15) is 0 Å². The Bertz CT molecular complexity index is 1340. The summed E-state index contributed by atoms with van der Waals surface area (Å²) in [5, 5.41) is 4.00. The molecule has 0 aliphatic carbocycles. The van der Waals surface area contributed by atoms with E-state index in [4.69, 9.17) is 4.98 Å². The third-order valence-electron chi connectivity index (χ3n) is 5.50. The average molecular weight is 368 g/mol. The van der Waals surface area contributed by atoms with Crippen molar-refractivity contribution in [3.63, 3.8) is 0 Å². The molecule has 0 bridgehead atoms. The monoisotopic (exact) mass is 367 g/mol. The molecule has 0 N–H and O–H groups in total. The standard InChI is InChI=1S/C25H21NS/c1-14-11-15(2)13-18(12-14)24-25-23(19-7-5-6-8-21(19)27-25)22-17(4)16(3)9-10-20(22)26-24/h5-13H,1-4H3. The number of aromatic nitrogens is 1. The van der Waals surface area contributed by atoms with Gasteiger partial charge in [-0.1, -0.05) is 41.5 Å². The van der Waals surface area contributed by atoms with E-state index < -0.39 is 0 Å². The van der Waals surface area contributed by atoms with Crippen LogP contribution in [0.25, 0.3) is 42.3 Å². The predicted molar refractivity (Wildman–Crippen MR) is 119 cm³/mol. The maximum atomic E-state index is 5.16. The molecule has 3 aromatic carbocycles. The van der Waals surface area contributed by atoms with Gasteiger partial charge in [-0.15, -0.1) is 11.3 Å². The summed E-state index contributed by atoms with van der Waals surface area (Å²) in [6.07, 6.45) is 0. The Morgan fingerprint density at radius 3 is 2.30 bits per heavy atom. The Balaban J connectivity index is 2.04. The highest BCUT2D eigenvalue weighted by Crippen LogP contribution is 2.44. The summed E-state index contributed by atoms with van der Waals surface area (Å²) in [7, 11) is 0. The molecule has 5 aromatic rings. The van der Waals surface area contributed by atoms with Gasteiger partial charge in [-0.2, -0.15) is 0 Å². The molecule has 0 radical (unpaired) electrons. The summed E-state index contributed by atoms with van der Waals surface area (Å²) in [6.45, 7) is 8.73. The number of fused-ring (bicyclic) bond motifs is 5. The number of hydrogen-bond donors (Lipinski definition) is 0. The number of hydrogen-bond acceptors (Lipinski definition) is 2. The summed E-state index contributed by atoms with van der Waals surface area (Å²) in [5.41, 5.74) is 8.62. The lowest BCUT2D eigenvalue weighted by Crippen LogP contribution is -1.92. The largest absolute Gasteiger partial charge is 0.246 e. The number of nitrogens with zero attached hydrogens (tertiary/aromatic N) is 1. The SMILES string of the molecule is Cc1cc(C)cc(-c2nc3ccc(C)c(C)c3c3c2sc2ccccc23)c1. The molecular formula is C25H21NS. The fourth-order valence-electron chi connectivity index (χ4n) is 4.15. The lowest BCUT2D eigenvalue weighted by atomic mass is 9.97. The zero-order chi connectivity index (χ0) is 18.7. The van der Waals surface area contributed by atoms with Crippen LogP contribution in [0.1, 0.15) is 22.3 Å². The second-order valence-corrected chi connectivity index (χ2v) is 8.59. The third kappa shape index (κ3) is 2.48. The minimum Gasteiger partial charge on any atom is -0.246 e. The van der Waals surface area contributed by atoms with Gasteiger partial charge in [-0.3, -0.25) is 0 Å². The zero-order valence-electron chi connectivity index (χ0n) is 16.1. The van der Waals surface area contributed by atoms with Gasteiger partial charge < -0.3 is 0 Å². The minimum absolute atomic E-state index is 1.09. The average Bonchev–Trinajstić information content (AvgIpc) is 3.02. The van der Waals surface area contributed by atoms with E-state index >= 15 is 0 Å². The molecule has 0 atom stereocenters. The molecule has 2 heterocycles. The lowest BCUT2D eigenvalue weighted by molar-refractivity contribution is 1.34. The molecule has 0 saturated heterocycles. The van der Waals surface area contributed by atoms with Gasteiger partial charge in [0.2, 0.25) is 0 Å². The molecule has 0 unspecified atom stereocenters. The topological polar surface area (TPSA) is 12.9 Å². The van der Waals surface area contributed by atoms with Crippen LogP contribution in [0.5, 0.6) is 0 Å². The number of benzene rings is 3. The Hall–Kier alpha value is -2.71. The van der Waals surface area contributed by atoms with Gasteiger partial charge in [-0.05, 0) is 63.1 Å². The molecule has 0 saturated carbocycles. The van der Waals surface area contributed by atoms with Crippen LogP contribution in [0.4, 0.5) is 0 Å². The van der Waals surface area contributed by atoms with Crippen molar-refractivity contribution in [3.8, 4) is 11.3 Å². The first-order chi connectivity index (χ1) is 13.0. The fourth-order valence-corrected chi connectivity index (χ4v) is 5.37. The van der Waals surface area contributed by atoms with Crippen LogP contribution in [0.3, 0.4) is 0 Å². The van der Waals surface area contributed by atoms with E-state index in [0.717, 1.165) is 11.2 Å². The highest BCUT2D eigenvalue weighted by molar-refractivity contribution is 7.26. The smallest absolute Gasteiger partial charge is 0.0888 e. The first kappa shape index (κ1) is 16.5. The van der Waals surface area contributed by atoms with Crippen molar-refractivity contribution < 1.29 is 0 Å². The molecule has 2 heteroatoms. The molecule has 0 fully saturated rings. The maximum absolute atomic E-state index is 5.16. The lowest BCUT2D eigenvalue weighted by Gasteiger charge is -2.12. The summed E-state index contributed by atoms with van der Waals surface area (Å²) < 4.78 is 2.62. The molecule has 1 nitrogen and oxygen atoms in total. The molecule has 2 aromatic heterocycles. The van der Waals surface area contributed by atoms with Crippen molar-refractivity contribution >= 4 is 42.4 Å². The van der Waals surface area contributed by atoms with Gasteiger partial charge in [0.1, 0.15) is 0 Å². The van der Waals surface area contributed by atoms with Gasteiger partial charge in [-0.25, -0.2) is 4.98 Å². The summed E-state index contributed by atoms with van der Waals surface area (Å²) in [6, 6.07) is 19.8. The van der Waals surface area contributed by atoms with Crippen molar-refractivity contribution in [3.05, 3.63) is 76.9 Å². The van der Waals surface area contributed by atoms with Crippen molar-refractivity contribution in [1.82, 2.24) is 4.98 Å². The van der Waals surface area contributed by atoms with Crippen molar-refractivity contribution in [2.75, 3.05) is 0 Å². The Morgan fingerprint density at radius 2 is 1.52 bits per heavy atom. The number of pyridine rings is 1. The second-order valence-electron chi connectivity index (χ2n) is 7.54. The van der Waals surface area contributed by atoms with Gasteiger partial charge in [0, 0.05) is 26.4 Å². The van der Waals surface area contributed by atoms with E-state index in [0.29, 0.717) is 0 Å². The van der Waals surface area contributed by atoms with E-state index in [1.165, 1.54) is 53.4 Å². The zero-order valence-corrected chi connectivity index (χ0v) is 16.9. The van der Waals surface area contributed by atoms with E-state index in [1.807, 2.05) is 11.3 Å². The molecule has 132 valence electrons. The van der Waals surface area contributed by atoms with E-state index in [2.05, 4.69) is 82.3 Å². The maximum Gasteiger partial charge on any atom is 0.0888 e. The van der Waals surface area contributed by atoms with Crippen molar-refractivity contribution in [2.45, 2.75) is 27.7 Å². The Morgan fingerprint density at radius 1 is 0.778 bits per heavy atom. The molecular weight excluding hydrogens is 346 g/mol. The normalized spacial score (nSPS) is 11.7. The Kier molecular flexibility index (Phi) is 3.60. The fraction of sp³-hybridized carbons (Fsp3) is 0.160. The first-order valence-electron chi connectivity index (χ1n) is 9.33. The van der Waals surface area contributed by atoms with Crippen LogP contribution >= 0.6 is 11.3 Å². The molecule has 0 aliphatic heterocycles. The summed E-state index contributed by atoms with van der Waals surface area (Å²) in [4.78, 5) is 5.16. The van der Waals surface area contributed by atoms with Gasteiger partial charge >= 0.3 is 0 Å². The molecule has 0 spiro atoms. The minimum atomic E-state index is 1.09. The van der Waals surface area contributed by atoms with Crippen molar-refractivity contribution in [2.24, 2.45) is 0 Å².